The molecule has 1 atom stereocenters. The van der Waals surface area contributed by atoms with Crippen molar-refractivity contribution in [2.24, 2.45) is 5.92 Å². The summed E-state index contributed by atoms with van der Waals surface area (Å²) in [5.74, 6) is 1.49. The van der Waals surface area contributed by atoms with E-state index in [0.717, 1.165) is 25.9 Å². The van der Waals surface area contributed by atoms with Gasteiger partial charge < -0.3 is 4.90 Å². The number of hydrogen-bond donors (Lipinski definition) is 0. The van der Waals surface area contributed by atoms with Crippen LogP contribution in [-0.4, -0.2) is 28.9 Å². The monoisotopic (exact) mass is 348 g/mol. The topological polar surface area (TPSA) is 33.2 Å². The lowest BCUT2D eigenvalue weighted by Gasteiger charge is -2.36. The van der Waals surface area contributed by atoms with Crippen LogP contribution in [0.15, 0.2) is 54.9 Å². The number of nitrogens with zero attached hydrogens (tertiary/aromatic N) is 2. The van der Waals surface area contributed by atoms with Gasteiger partial charge in [-0.05, 0) is 60.8 Å². The van der Waals surface area contributed by atoms with Gasteiger partial charge in [0.05, 0.1) is 5.92 Å². The Morgan fingerprint density at radius 1 is 0.923 bits per heavy atom. The first-order chi connectivity index (χ1) is 12.8. The fourth-order valence-electron chi connectivity index (χ4n) is 4.83. The third-order valence-corrected chi connectivity index (χ3v) is 6.28. The molecule has 2 aromatic rings. The first-order valence-corrected chi connectivity index (χ1v) is 10.1. The molecule has 0 radical (unpaired) electrons. The molecule has 4 rings (SSSR count). The molecule has 1 unspecified atom stereocenters. The molecule has 1 aromatic carbocycles. The first kappa shape index (κ1) is 17.3. The highest BCUT2D eigenvalue weighted by molar-refractivity contribution is 5.84. The van der Waals surface area contributed by atoms with Crippen LogP contribution in [-0.2, 0) is 4.79 Å². The molecule has 1 saturated heterocycles. The summed E-state index contributed by atoms with van der Waals surface area (Å²) in [5.41, 5.74) is 2.57. The van der Waals surface area contributed by atoms with Crippen LogP contribution in [0.3, 0.4) is 0 Å². The number of pyridine rings is 1. The van der Waals surface area contributed by atoms with Gasteiger partial charge in [0.1, 0.15) is 0 Å². The predicted octanol–water partition coefficient (Wildman–Crippen LogP) is 4.76. The van der Waals surface area contributed by atoms with Crippen LogP contribution in [0.4, 0.5) is 0 Å². The van der Waals surface area contributed by atoms with Crippen LogP contribution in [0.5, 0.6) is 0 Å². The maximum Gasteiger partial charge on any atom is 0.230 e. The number of hydrogen-bond acceptors (Lipinski definition) is 2. The van der Waals surface area contributed by atoms with E-state index in [0.29, 0.717) is 17.7 Å². The number of piperidine rings is 1. The van der Waals surface area contributed by atoms with E-state index in [2.05, 4.69) is 46.3 Å². The maximum atomic E-state index is 13.4. The van der Waals surface area contributed by atoms with Gasteiger partial charge in [-0.25, -0.2) is 0 Å². The molecule has 1 saturated carbocycles. The summed E-state index contributed by atoms with van der Waals surface area (Å²) < 4.78 is 0. The Bertz CT molecular complexity index is 702. The summed E-state index contributed by atoms with van der Waals surface area (Å²) in [6.07, 6.45) is 10.8. The summed E-state index contributed by atoms with van der Waals surface area (Å²) in [5, 5.41) is 0. The Kier molecular flexibility index (Phi) is 5.33. The molecule has 1 aliphatic heterocycles. The second-order valence-corrected chi connectivity index (χ2v) is 7.81. The third-order valence-electron chi connectivity index (χ3n) is 6.28. The van der Waals surface area contributed by atoms with Crippen molar-refractivity contribution < 1.29 is 4.79 Å². The van der Waals surface area contributed by atoms with E-state index in [9.17, 15) is 4.79 Å². The standard InChI is InChI=1S/C23H28N2O/c26-23(22(21-8-4-5-9-21)20-6-2-1-3-7-20)25-16-12-19(13-17-25)18-10-14-24-15-11-18/h1-3,6-7,10-11,14-15,19,21-22H,4-5,8-9,12-13,16-17H2. The van der Waals surface area contributed by atoms with Gasteiger partial charge in [0.25, 0.3) is 0 Å². The molecular weight excluding hydrogens is 320 g/mol. The van der Waals surface area contributed by atoms with Crippen LogP contribution in [0, 0.1) is 5.92 Å². The van der Waals surface area contributed by atoms with Gasteiger partial charge in [0.2, 0.25) is 5.91 Å². The Morgan fingerprint density at radius 2 is 1.58 bits per heavy atom. The van der Waals surface area contributed by atoms with Crippen molar-refractivity contribution in [1.82, 2.24) is 9.88 Å². The van der Waals surface area contributed by atoms with Crippen molar-refractivity contribution in [2.45, 2.75) is 50.4 Å². The molecule has 0 N–H and O–H groups in total. The molecule has 0 bridgehead atoms. The fourth-order valence-corrected chi connectivity index (χ4v) is 4.83. The minimum absolute atomic E-state index is 0.0520. The average Bonchev–Trinajstić information content (AvgIpc) is 3.24. The van der Waals surface area contributed by atoms with Crippen molar-refractivity contribution in [3.05, 3.63) is 66.0 Å². The average molecular weight is 348 g/mol. The molecule has 1 amide bonds. The summed E-state index contributed by atoms with van der Waals surface area (Å²) in [6.45, 7) is 1.75. The number of carbonyl (C=O) groups excluding carboxylic acids is 1. The molecule has 2 aliphatic rings. The molecule has 3 nitrogen and oxygen atoms in total. The minimum atomic E-state index is 0.0520. The molecular formula is C23H28N2O. The largest absolute Gasteiger partial charge is 0.342 e. The van der Waals surface area contributed by atoms with E-state index >= 15 is 0 Å². The quantitative estimate of drug-likeness (QED) is 0.798. The molecule has 3 heteroatoms. The second kappa shape index (κ2) is 8.03. The highest BCUT2D eigenvalue weighted by atomic mass is 16.2. The molecule has 2 fully saturated rings. The van der Waals surface area contributed by atoms with E-state index < -0.39 is 0 Å². The van der Waals surface area contributed by atoms with E-state index in [1.165, 1.54) is 36.8 Å². The van der Waals surface area contributed by atoms with Gasteiger partial charge in [0.15, 0.2) is 0 Å². The van der Waals surface area contributed by atoms with E-state index in [1.807, 2.05) is 18.5 Å². The van der Waals surface area contributed by atoms with Gasteiger partial charge in [-0.15, -0.1) is 0 Å². The number of amides is 1. The van der Waals surface area contributed by atoms with Crippen LogP contribution < -0.4 is 0 Å². The van der Waals surface area contributed by atoms with E-state index in [4.69, 9.17) is 0 Å². The smallest absolute Gasteiger partial charge is 0.230 e. The normalized spacial score (nSPS) is 20.2. The van der Waals surface area contributed by atoms with Crippen LogP contribution in [0.25, 0.3) is 0 Å². The first-order valence-electron chi connectivity index (χ1n) is 10.1. The lowest BCUT2D eigenvalue weighted by atomic mass is 9.82. The zero-order valence-electron chi connectivity index (χ0n) is 15.4. The van der Waals surface area contributed by atoms with Crippen molar-refractivity contribution in [1.29, 1.82) is 0 Å². The summed E-state index contributed by atoms with van der Waals surface area (Å²) in [7, 11) is 0. The molecule has 2 heterocycles. The van der Waals surface area contributed by atoms with Gasteiger partial charge in [-0.2, -0.15) is 0 Å². The van der Waals surface area contributed by atoms with Crippen molar-refractivity contribution >= 4 is 5.91 Å². The van der Waals surface area contributed by atoms with Crippen molar-refractivity contribution in [3.63, 3.8) is 0 Å². The predicted molar refractivity (Wildman–Crippen MR) is 104 cm³/mol. The Labute approximate surface area is 156 Å². The molecule has 1 aliphatic carbocycles. The molecule has 136 valence electrons. The van der Waals surface area contributed by atoms with Gasteiger partial charge in [0, 0.05) is 25.5 Å². The number of benzene rings is 1. The number of likely N-dealkylation sites (tertiary alicyclic amines) is 1. The minimum Gasteiger partial charge on any atom is -0.342 e. The molecule has 26 heavy (non-hydrogen) atoms. The summed E-state index contributed by atoms with van der Waals surface area (Å²) in [4.78, 5) is 19.7. The zero-order valence-corrected chi connectivity index (χ0v) is 15.4. The number of carbonyl (C=O) groups is 1. The van der Waals surface area contributed by atoms with Crippen molar-refractivity contribution in [3.8, 4) is 0 Å². The van der Waals surface area contributed by atoms with Gasteiger partial charge >= 0.3 is 0 Å². The van der Waals surface area contributed by atoms with E-state index in [1.54, 1.807) is 0 Å². The summed E-state index contributed by atoms with van der Waals surface area (Å²) in [6, 6.07) is 14.7. The van der Waals surface area contributed by atoms with Crippen LogP contribution in [0.1, 0.15) is 61.5 Å². The van der Waals surface area contributed by atoms with Gasteiger partial charge in [-0.1, -0.05) is 43.2 Å². The third kappa shape index (κ3) is 3.67. The zero-order chi connectivity index (χ0) is 17.8. The van der Waals surface area contributed by atoms with E-state index in [-0.39, 0.29) is 5.92 Å². The van der Waals surface area contributed by atoms with Gasteiger partial charge in [-0.3, -0.25) is 9.78 Å². The van der Waals surface area contributed by atoms with Crippen LogP contribution >= 0.6 is 0 Å². The number of rotatable bonds is 4. The van der Waals surface area contributed by atoms with Crippen molar-refractivity contribution in [2.75, 3.05) is 13.1 Å². The highest BCUT2D eigenvalue weighted by Gasteiger charge is 2.35. The molecule has 1 aromatic heterocycles. The Morgan fingerprint density at radius 3 is 2.23 bits per heavy atom. The lowest BCUT2D eigenvalue weighted by molar-refractivity contribution is -0.135. The number of aromatic nitrogens is 1. The Hall–Kier alpha value is -2.16. The maximum absolute atomic E-state index is 13.4. The second-order valence-electron chi connectivity index (χ2n) is 7.81. The summed E-state index contributed by atoms with van der Waals surface area (Å²) >= 11 is 0. The van der Waals surface area contributed by atoms with Crippen LogP contribution in [0.2, 0.25) is 0 Å². The highest BCUT2D eigenvalue weighted by Crippen LogP contribution is 2.39. The lowest BCUT2D eigenvalue weighted by Crippen LogP contribution is -2.42. The fraction of sp³-hybridized carbons (Fsp3) is 0.478. The molecule has 0 spiro atoms. The SMILES string of the molecule is O=C(C(c1ccccc1)C1CCCC1)N1CCC(c2ccncc2)CC1. The Balaban J connectivity index is 1.47.